The van der Waals surface area contributed by atoms with Gasteiger partial charge in [-0.05, 0) is 23.8 Å². The Morgan fingerprint density at radius 2 is 2.17 bits per heavy atom. The number of anilines is 1. The SMILES string of the molecule is CON=C(C(=O)NC1C(=O)N2C(C(=O)O)=C(C=Cc3ccccn3)CS[C@@H]12)c1csc(NC=O)n1. The Kier molecular flexibility index (Phi) is 7.22. The summed E-state index contributed by atoms with van der Waals surface area (Å²) >= 11 is 2.41. The van der Waals surface area contributed by atoms with Gasteiger partial charge in [0.05, 0.1) is 5.69 Å². The third-order valence-corrected chi connectivity index (χ3v) is 7.03. The molecule has 0 spiro atoms. The number of rotatable bonds is 9. The summed E-state index contributed by atoms with van der Waals surface area (Å²) in [6.45, 7) is 0. The van der Waals surface area contributed by atoms with Gasteiger partial charge in [0.25, 0.3) is 11.8 Å². The Balaban J connectivity index is 1.52. The molecule has 4 rings (SSSR count). The smallest absolute Gasteiger partial charge is 0.352 e. The molecule has 1 fully saturated rings. The second-order valence-electron chi connectivity index (χ2n) is 7.05. The minimum absolute atomic E-state index is 0.133. The number of carboxylic acid groups (broad SMARTS) is 1. The van der Waals surface area contributed by atoms with Crippen molar-refractivity contribution in [1.82, 2.24) is 20.2 Å². The summed E-state index contributed by atoms with van der Waals surface area (Å²) < 4.78 is 0. The Morgan fingerprint density at radius 3 is 2.86 bits per heavy atom. The first-order chi connectivity index (χ1) is 16.9. The van der Waals surface area contributed by atoms with Gasteiger partial charge < -0.3 is 20.6 Å². The zero-order valence-corrected chi connectivity index (χ0v) is 19.7. The summed E-state index contributed by atoms with van der Waals surface area (Å²) in [6.07, 6.45) is 5.38. The maximum Gasteiger partial charge on any atom is 0.352 e. The maximum atomic E-state index is 12.9. The first-order valence-electron chi connectivity index (χ1n) is 10.0. The molecule has 2 aliphatic rings. The number of hydrogen-bond acceptors (Lipinski definition) is 10. The van der Waals surface area contributed by atoms with Crippen molar-refractivity contribution in [3.05, 3.63) is 58.5 Å². The molecular weight excluding hydrogens is 496 g/mol. The molecule has 0 bridgehead atoms. The summed E-state index contributed by atoms with van der Waals surface area (Å²) in [6, 6.07) is 4.39. The first kappa shape index (κ1) is 24.1. The van der Waals surface area contributed by atoms with Crippen molar-refractivity contribution >= 4 is 64.2 Å². The summed E-state index contributed by atoms with van der Waals surface area (Å²) in [7, 11) is 1.25. The number of thioether (sulfide) groups is 1. The van der Waals surface area contributed by atoms with Crippen LogP contribution in [0.1, 0.15) is 11.4 Å². The Bertz CT molecular complexity index is 1260. The molecule has 180 valence electrons. The zero-order valence-electron chi connectivity index (χ0n) is 18.1. The normalized spacial score (nSPS) is 19.7. The number of carboxylic acids is 1. The number of nitrogens with zero attached hydrogens (tertiary/aromatic N) is 4. The molecule has 3 amide bonds. The monoisotopic (exact) mass is 514 g/mol. The van der Waals surface area contributed by atoms with Gasteiger partial charge in [-0.15, -0.1) is 23.1 Å². The molecule has 0 radical (unpaired) electrons. The van der Waals surface area contributed by atoms with E-state index in [4.69, 9.17) is 4.84 Å². The average Bonchev–Trinajstić information content (AvgIpc) is 3.32. The molecule has 0 saturated carbocycles. The predicted molar refractivity (Wildman–Crippen MR) is 128 cm³/mol. The number of β-lactam (4-membered cyclic amide) rings is 1. The topological polar surface area (TPSA) is 163 Å². The van der Waals surface area contributed by atoms with Crippen molar-refractivity contribution in [2.45, 2.75) is 11.4 Å². The van der Waals surface area contributed by atoms with E-state index >= 15 is 0 Å². The van der Waals surface area contributed by atoms with E-state index < -0.39 is 29.2 Å². The summed E-state index contributed by atoms with van der Waals surface area (Å²) in [5.41, 5.74) is 0.929. The summed E-state index contributed by atoms with van der Waals surface area (Å²) in [5, 5.41) is 19.6. The van der Waals surface area contributed by atoms with Gasteiger partial charge in [0.1, 0.15) is 29.9 Å². The molecule has 2 aromatic heterocycles. The number of amides is 3. The fourth-order valence-electron chi connectivity index (χ4n) is 3.44. The van der Waals surface area contributed by atoms with Crippen molar-refractivity contribution < 1.29 is 29.1 Å². The lowest BCUT2D eigenvalue weighted by Crippen LogP contribution is -2.71. The number of carbonyl (C=O) groups is 4. The van der Waals surface area contributed by atoms with E-state index in [9.17, 15) is 24.3 Å². The lowest BCUT2D eigenvalue weighted by molar-refractivity contribution is -0.150. The third kappa shape index (κ3) is 4.93. The van der Waals surface area contributed by atoms with Gasteiger partial charge in [-0.2, -0.15) is 0 Å². The van der Waals surface area contributed by atoms with Crippen molar-refractivity contribution in [3.63, 3.8) is 0 Å². The molecule has 1 unspecified atom stereocenters. The van der Waals surface area contributed by atoms with E-state index in [2.05, 4.69) is 25.8 Å². The van der Waals surface area contributed by atoms with Crippen molar-refractivity contribution in [1.29, 1.82) is 0 Å². The Labute approximate surface area is 206 Å². The van der Waals surface area contributed by atoms with Crippen LogP contribution in [0.3, 0.4) is 0 Å². The van der Waals surface area contributed by atoms with Crippen LogP contribution in [-0.4, -0.2) is 74.2 Å². The number of allylic oxidation sites excluding steroid dienone is 1. The number of pyridine rings is 1. The molecule has 12 nitrogen and oxygen atoms in total. The molecule has 2 aliphatic heterocycles. The van der Waals surface area contributed by atoms with Crippen LogP contribution in [0.2, 0.25) is 0 Å². The van der Waals surface area contributed by atoms with E-state index in [1.54, 1.807) is 30.5 Å². The highest BCUT2D eigenvalue weighted by Gasteiger charge is 2.54. The van der Waals surface area contributed by atoms with E-state index in [-0.39, 0.29) is 22.2 Å². The number of fused-ring (bicyclic) bond motifs is 1. The van der Waals surface area contributed by atoms with Gasteiger partial charge >= 0.3 is 5.97 Å². The highest BCUT2D eigenvalue weighted by Crippen LogP contribution is 2.40. The minimum atomic E-state index is -1.24. The first-order valence-corrected chi connectivity index (χ1v) is 12.0. The fourth-order valence-corrected chi connectivity index (χ4v) is 5.41. The molecule has 0 aliphatic carbocycles. The lowest BCUT2D eigenvalue weighted by Gasteiger charge is -2.49. The third-order valence-electron chi connectivity index (χ3n) is 4.96. The lowest BCUT2D eigenvalue weighted by atomic mass is 10.0. The van der Waals surface area contributed by atoms with E-state index in [1.807, 2.05) is 6.07 Å². The predicted octanol–water partition coefficient (Wildman–Crippen LogP) is 0.909. The molecule has 2 aromatic rings. The van der Waals surface area contributed by atoms with Crippen molar-refractivity contribution in [3.8, 4) is 0 Å². The van der Waals surface area contributed by atoms with Crippen LogP contribution >= 0.6 is 23.1 Å². The number of nitrogens with one attached hydrogen (secondary N) is 2. The molecule has 3 N–H and O–H groups in total. The van der Waals surface area contributed by atoms with Crippen LogP contribution in [-0.2, 0) is 24.0 Å². The molecule has 4 heterocycles. The molecule has 1 saturated heterocycles. The average molecular weight is 515 g/mol. The minimum Gasteiger partial charge on any atom is -0.477 e. The second kappa shape index (κ2) is 10.5. The fraction of sp³-hybridized carbons (Fsp3) is 0.190. The van der Waals surface area contributed by atoms with Crippen molar-refractivity contribution in [2.24, 2.45) is 5.16 Å². The molecular formula is C21H18N6O6S2. The molecule has 0 aromatic carbocycles. The standard InChI is InChI=1S/C21H18N6O6S2/c1-33-26-14(13-9-35-21(24-13)23-10-28)17(29)25-15-18(30)27-16(20(31)32)11(8-34-19(15)27)5-6-12-4-2-3-7-22-12/h2-7,9-10,15,19H,8H2,1H3,(H,25,29)(H,31,32)(H,23,24,28)/t15?,19-/m0/s1. The maximum absolute atomic E-state index is 12.9. The summed E-state index contributed by atoms with van der Waals surface area (Å²) in [5.74, 6) is -2.21. The van der Waals surface area contributed by atoms with Gasteiger partial charge in [0, 0.05) is 17.3 Å². The molecule has 2 atom stereocenters. The highest BCUT2D eigenvalue weighted by molar-refractivity contribution is 8.00. The number of thiazole rings is 1. The van der Waals surface area contributed by atoms with Crippen LogP contribution in [0.5, 0.6) is 0 Å². The number of carbonyl (C=O) groups excluding carboxylic acids is 3. The van der Waals surface area contributed by atoms with Gasteiger partial charge in [-0.1, -0.05) is 17.3 Å². The van der Waals surface area contributed by atoms with Crippen LogP contribution in [0.25, 0.3) is 6.08 Å². The zero-order chi connectivity index (χ0) is 24.9. The molecule has 14 heteroatoms. The van der Waals surface area contributed by atoms with Gasteiger partial charge in [-0.25, -0.2) is 9.78 Å². The van der Waals surface area contributed by atoms with E-state index in [1.165, 1.54) is 29.2 Å². The number of aliphatic carboxylic acids is 1. The quantitative estimate of drug-likeness (QED) is 0.191. The van der Waals surface area contributed by atoms with Crippen LogP contribution < -0.4 is 10.6 Å². The van der Waals surface area contributed by atoms with Crippen LogP contribution in [0.15, 0.2) is 52.3 Å². The van der Waals surface area contributed by atoms with Gasteiger partial charge in [0.15, 0.2) is 10.8 Å². The van der Waals surface area contributed by atoms with Gasteiger partial charge in [-0.3, -0.25) is 24.3 Å². The van der Waals surface area contributed by atoms with Crippen molar-refractivity contribution in [2.75, 3.05) is 18.2 Å². The molecule has 35 heavy (non-hydrogen) atoms. The summed E-state index contributed by atoms with van der Waals surface area (Å²) in [4.78, 5) is 62.6. The van der Waals surface area contributed by atoms with Crippen LogP contribution in [0, 0.1) is 0 Å². The van der Waals surface area contributed by atoms with Gasteiger partial charge in [0.2, 0.25) is 6.41 Å². The Hall–Kier alpha value is -4.04. The largest absolute Gasteiger partial charge is 0.477 e. The second-order valence-corrected chi connectivity index (χ2v) is 9.01. The highest BCUT2D eigenvalue weighted by atomic mass is 32.2. The number of aromatic nitrogens is 2. The van der Waals surface area contributed by atoms with Crippen LogP contribution in [0.4, 0.5) is 5.13 Å². The number of oxime groups is 1. The number of hydrogen-bond donors (Lipinski definition) is 3. The van der Waals surface area contributed by atoms with E-state index in [0.717, 1.165) is 11.3 Å². The van der Waals surface area contributed by atoms with E-state index in [0.29, 0.717) is 23.4 Å². The Morgan fingerprint density at radius 1 is 1.34 bits per heavy atom.